The molecule has 1 aliphatic rings. The average Bonchev–Trinajstić information content (AvgIpc) is 3.65. The molecule has 3 N–H and O–H groups in total. The number of anilines is 1. The second kappa shape index (κ2) is 10.7. The van der Waals surface area contributed by atoms with E-state index in [1.54, 1.807) is 0 Å². The number of ether oxygens (including phenoxy) is 2. The molecule has 0 spiro atoms. The summed E-state index contributed by atoms with van der Waals surface area (Å²) in [6.07, 6.45) is -1.07. The number of nitrogens with one attached hydrogen (secondary N) is 1. The van der Waals surface area contributed by atoms with Crippen molar-refractivity contribution in [2.24, 2.45) is 11.7 Å². The lowest BCUT2D eigenvalue weighted by Gasteiger charge is -2.31. The van der Waals surface area contributed by atoms with E-state index < -0.39 is 35.5 Å². The third-order valence-corrected chi connectivity index (χ3v) is 5.41. The summed E-state index contributed by atoms with van der Waals surface area (Å²) in [7, 11) is 2.74. The molecule has 188 valence electrons. The third-order valence-electron chi connectivity index (χ3n) is 5.41. The van der Waals surface area contributed by atoms with Gasteiger partial charge in [0.15, 0.2) is 0 Å². The average molecular weight is 495 g/mol. The maximum absolute atomic E-state index is 13.2. The molecule has 0 radical (unpaired) electrons. The van der Waals surface area contributed by atoms with Crippen molar-refractivity contribution in [2.75, 3.05) is 26.1 Å². The second-order valence-electron chi connectivity index (χ2n) is 7.93. The number of methoxy groups -OCH3 is 2. The Morgan fingerprint density at radius 1 is 1.20 bits per heavy atom. The van der Waals surface area contributed by atoms with Gasteiger partial charge in [-0.05, 0) is 37.0 Å². The quantitative estimate of drug-likeness (QED) is 0.508. The van der Waals surface area contributed by atoms with E-state index in [9.17, 15) is 27.6 Å². The molecule has 0 bridgehead atoms. The molecule has 3 amide bonds. The van der Waals surface area contributed by atoms with E-state index in [0.29, 0.717) is 6.20 Å². The summed E-state index contributed by atoms with van der Waals surface area (Å²) in [6, 6.07) is 2.75. The van der Waals surface area contributed by atoms with Crippen LogP contribution in [0, 0.1) is 5.92 Å². The number of pyridine rings is 2. The molecule has 1 aliphatic carbocycles. The zero-order valence-electron chi connectivity index (χ0n) is 19.0. The van der Waals surface area contributed by atoms with Gasteiger partial charge < -0.3 is 25.4 Å². The smallest absolute Gasteiger partial charge is 0.417 e. The molecule has 1 unspecified atom stereocenters. The number of rotatable bonds is 9. The van der Waals surface area contributed by atoms with Crippen LogP contribution in [-0.4, -0.2) is 59.5 Å². The molecular weight excluding hydrogens is 471 g/mol. The lowest BCUT2D eigenvalue weighted by molar-refractivity contribution is -0.146. The van der Waals surface area contributed by atoms with Crippen LogP contribution >= 0.6 is 0 Å². The number of alkyl halides is 3. The van der Waals surface area contributed by atoms with Crippen LogP contribution in [0.5, 0.6) is 5.88 Å². The lowest BCUT2D eigenvalue weighted by atomic mass is 10.1. The molecule has 3 rings (SSSR count). The third kappa shape index (κ3) is 6.44. The topological polar surface area (TPSA) is 137 Å². The summed E-state index contributed by atoms with van der Waals surface area (Å²) in [4.78, 5) is 46.6. The lowest BCUT2D eigenvalue weighted by Crippen LogP contribution is -2.48. The van der Waals surface area contributed by atoms with Crippen molar-refractivity contribution in [3.8, 4) is 5.88 Å². The van der Waals surface area contributed by atoms with Crippen LogP contribution in [0.4, 0.5) is 18.9 Å². The second-order valence-corrected chi connectivity index (χ2v) is 7.93. The molecular formula is C22H24F3N5O5. The van der Waals surface area contributed by atoms with Crippen molar-refractivity contribution in [2.45, 2.75) is 31.6 Å². The summed E-state index contributed by atoms with van der Waals surface area (Å²) in [5.41, 5.74) is 4.47. The molecule has 35 heavy (non-hydrogen) atoms. The van der Waals surface area contributed by atoms with Gasteiger partial charge in [-0.1, -0.05) is 0 Å². The largest absolute Gasteiger partial charge is 0.480 e. The number of nitrogens with two attached hydrogens (primary N) is 1. The summed E-state index contributed by atoms with van der Waals surface area (Å²) in [5.74, 6) is -2.81. The zero-order chi connectivity index (χ0) is 25.8. The van der Waals surface area contributed by atoms with Gasteiger partial charge in [0, 0.05) is 13.3 Å². The Kier molecular flexibility index (Phi) is 7.89. The van der Waals surface area contributed by atoms with Crippen molar-refractivity contribution in [3.05, 3.63) is 47.4 Å². The maximum Gasteiger partial charge on any atom is 0.417 e. The molecule has 0 aliphatic heterocycles. The Balaban J connectivity index is 1.84. The minimum atomic E-state index is -4.55. The SMILES string of the molecule is COCC(C1CC1)N(Cc1ccc(C(F)(F)F)cn1)C(=O)C(=O)Nc1cnc(OC)c(C(N)=O)c1. The van der Waals surface area contributed by atoms with Crippen LogP contribution in [-0.2, 0) is 27.0 Å². The number of nitrogens with zero attached hydrogens (tertiary/aromatic N) is 3. The van der Waals surface area contributed by atoms with Gasteiger partial charge >= 0.3 is 18.0 Å². The number of primary amides is 1. The highest BCUT2D eigenvalue weighted by Gasteiger charge is 2.40. The van der Waals surface area contributed by atoms with Gasteiger partial charge in [-0.3, -0.25) is 19.4 Å². The molecule has 2 aromatic rings. The van der Waals surface area contributed by atoms with Gasteiger partial charge in [0.25, 0.3) is 5.91 Å². The fourth-order valence-electron chi connectivity index (χ4n) is 3.51. The van der Waals surface area contributed by atoms with Crippen LogP contribution in [0.3, 0.4) is 0 Å². The van der Waals surface area contributed by atoms with Crippen LogP contribution < -0.4 is 15.8 Å². The van der Waals surface area contributed by atoms with Crippen LogP contribution in [0.25, 0.3) is 0 Å². The van der Waals surface area contributed by atoms with Gasteiger partial charge in [-0.2, -0.15) is 13.2 Å². The van der Waals surface area contributed by atoms with Crippen molar-refractivity contribution < 1.29 is 37.0 Å². The fourth-order valence-corrected chi connectivity index (χ4v) is 3.51. The first-order chi connectivity index (χ1) is 16.5. The van der Waals surface area contributed by atoms with Crippen LogP contribution in [0.2, 0.25) is 0 Å². The number of carbonyl (C=O) groups is 3. The van der Waals surface area contributed by atoms with Crippen molar-refractivity contribution in [1.82, 2.24) is 14.9 Å². The van der Waals surface area contributed by atoms with Gasteiger partial charge in [0.05, 0.1) is 49.4 Å². The first-order valence-electron chi connectivity index (χ1n) is 10.5. The molecule has 13 heteroatoms. The predicted molar refractivity (Wildman–Crippen MR) is 116 cm³/mol. The molecule has 1 fully saturated rings. The van der Waals surface area contributed by atoms with Crippen molar-refractivity contribution in [1.29, 1.82) is 0 Å². The van der Waals surface area contributed by atoms with E-state index >= 15 is 0 Å². The molecule has 2 heterocycles. The standard InChI is InChI=1S/C22H24F3N5O5/c1-34-11-17(12-3-4-12)30(10-14-6-5-13(8-27-14)22(23,24)25)21(33)19(32)29-15-7-16(18(26)31)20(35-2)28-9-15/h5-9,12,17H,3-4,10-11H2,1-2H3,(H2,26,31)(H,29,32). The zero-order valence-corrected chi connectivity index (χ0v) is 19.0. The number of hydrogen-bond donors (Lipinski definition) is 2. The van der Waals surface area contributed by atoms with Crippen LogP contribution in [0.1, 0.15) is 34.5 Å². The van der Waals surface area contributed by atoms with Gasteiger partial charge in [-0.15, -0.1) is 0 Å². The molecule has 0 aromatic carbocycles. The van der Waals surface area contributed by atoms with Crippen molar-refractivity contribution in [3.63, 3.8) is 0 Å². The number of halogens is 3. The monoisotopic (exact) mass is 495 g/mol. The summed E-state index contributed by atoms with van der Waals surface area (Å²) in [5, 5.41) is 2.37. The predicted octanol–water partition coefficient (Wildman–Crippen LogP) is 2.00. The van der Waals surface area contributed by atoms with E-state index in [1.165, 1.54) is 31.4 Å². The minimum absolute atomic E-state index is 0.0280. The van der Waals surface area contributed by atoms with E-state index in [4.69, 9.17) is 15.2 Å². The molecule has 10 nitrogen and oxygen atoms in total. The van der Waals surface area contributed by atoms with E-state index in [0.717, 1.165) is 25.0 Å². The Bertz CT molecular complexity index is 1090. The molecule has 0 saturated heterocycles. The van der Waals surface area contributed by atoms with Gasteiger partial charge in [-0.25, -0.2) is 4.98 Å². The fraction of sp³-hybridized carbons (Fsp3) is 0.409. The number of amides is 3. The summed E-state index contributed by atoms with van der Waals surface area (Å²) in [6.45, 7) is -0.0808. The first-order valence-corrected chi connectivity index (χ1v) is 10.5. The maximum atomic E-state index is 13.2. The van der Waals surface area contributed by atoms with Crippen LogP contribution in [0.15, 0.2) is 30.6 Å². The highest BCUT2D eigenvalue weighted by Crippen LogP contribution is 2.36. The van der Waals surface area contributed by atoms with Crippen molar-refractivity contribution >= 4 is 23.4 Å². The molecule has 1 atom stereocenters. The number of carbonyl (C=O) groups excluding carboxylic acids is 3. The minimum Gasteiger partial charge on any atom is -0.480 e. The van der Waals surface area contributed by atoms with E-state index in [2.05, 4.69) is 15.3 Å². The Morgan fingerprint density at radius 3 is 2.43 bits per heavy atom. The van der Waals surface area contributed by atoms with E-state index in [1.807, 2.05) is 0 Å². The number of hydrogen-bond acceptors (Lipinski definition) is 7. The number of aromatic nitrogens is 2. The normalized spacial score (nSPS) is 14.2. The molecule has 1 saturated carbocycles. The highest BCUT2D eigenvalue weighted by atomic mass is 19.4. The van der Waals surface area contributed by atoms with Gasteiger partial charge in [0.1, 0.15) is 5.56 Å². The first kappa shape index (κ1) is 25.9. The Morgan fingerprint density at radius 2 is 1.91 bits per heavy atom. The summed E-state index contributed by atoms with van der Waals surface area (Å²) < 4.78 is 48.8. The molecule has 2 aromatic heterocycles. The highest BCUT2D eigenvalue weighted by molar-refractivity contribution is 6.39. The summed E-state index contributed by atoms with van der Waals surface area (Å²) >= 11 is 0. The Hall–Kier alpha value is -3.74. The van der Waals surface area contributed by atoms with Gasteiger partial charge in [0.2, 0.25) is 5.88 Å². The Labute approximate surface area is 198 Å². The van der Waals surface area contributed by atoms with E-state index in [-0.39, 0.29) is 41.9 Å².